The Balaban J connectivity index is 1.56. The van der Waals surface area contributed by atoms with E-state index >= 15 is 0 Å². The first-order chi connectivity index (χ1) is 14.2. The van der Waals surface area contributed by atoms with Crippen LogP contribution in [0.4, 0.5) is 5.69 Å². The Hall–Kier alpha value is -3.22. The second-order valence-corrected chi connectivity index (χ2v) is 6.72. The van der Waals surface area contributed by atoms with Crippen molar-refractivity contribution in [2.45, 2.75) is 20.3 Å². The summed E-state index contributed by atoms with van der Waals surface area (Å²) >= 11 is 0. The zero-order valence-corrected chi connectivity index (χ0v) is 17.0. The maximum Gasteiger partial charge on any atom is 0.251 e. The van der Waals surface area contributed by atoms with Crippen LogP contribution in [0.3, 0.4) is 0 Å². The van der Waals surface area contributed by atoms with Crippen LogP contribution >= 0.6 is 0 Å². The molecule has 1 aliphatic rings. The van der Waals surface area contributed by atoms with Gasteiger partial charge in [-0.25, -0.2) is 0 Å². The van der Waals surface area contributed by atoms with Gasteiger partial charge in [0, 0.05) is 36.8 Å². The number of aliphatic imine (C=N–C) groups is 1. The second-order valence-electron chi connectivity index (χ2n) is 6.72. The number of nitrogens with zero attached hydrogens (tertiary/aromatic N) is 1. The van der Waals surface area contributed by atoms with Gasteiger partial charge in [-0.2, -0.15) is 0 Å². The fourth-order valence-corrected chi connectivity index (χ4v) is 2.91. The molecule has 3 rings (SSSR count). The van der Waals surface area contributed by atoms with Crippen LogP contribution in [0, 0.1) is 6.92 Å². The third-order valence-corrected chi connectivity index (χ3v) is 4.30. The number of hydrogen-bond donors (Lipinski definition) is 3. The Morgan fingerprint density at radius 1 is 1.07 bits per heavy atom. The molecule has 0 aliphatic carbocycles. The molecule has 0 radical (unpaired) electrons. The number of fused-ring (bicyclic) bond motifs is 1. The summed E-state index contributed by atoms with van der Waals surface area (Å²) in [5, 5.41) is 9.37. The van der Waals surface area contributed by atoms with Crippen LogP contribution in [0.2, 0.25) is 0 Å². The lowest BCUT2D eigenvalue weighted by molar-refractivity contribution is 0.0954. The molecule has 0 bridgehead atoms. The molecule has 2 aromatic carbocycles. The van der Waals surface area contributed by atoms with E-state index < -0.39 is 0 Å². The van der Waals surface area contributed by atoms with Gasteiger partial charge in [-0.05, 0) is 38.1 Å². The molecule has 0 spiro atoms. The molecule has 2 aromatic rings. The van der Waals surface area contributed by atoms with Crippen molar-refractivity contribution in [2.24, 2.45) is 4.99 Å². The standard InChI is InChI=1S/C22H28N4O3/c1-3-23-22(25-11-10-24-21(27)17-7-4-6-16(2)14-17)26-18-8-9-19-20(15-18)29-13-5-12-28-19/h4,6-9,14-15H,3,5,10-13H2,1-2H3,(H,24,27)(H2,23,25,26). The maximum absolute atomic E-state index is 12.2. The van der Waals surface area contributed by atoms with Gasteiger partial charge in [-0.3, -0.25) is 9.79 Å². The third kappa shape index (κ3) is 6.14. The number of ether oxygens (including phenoxy) is 2. The molecule has 0 saturated carbocycles. The molecule has 3 N–H and O–H groups in total. The number of hydrogen-bond acceptors (Lipinski definition) is 4. The average Bonchev–Trinajstić information content (AvgIpc) is 2.96. The Kier molecular flexibility index (Phi) is 7.33. The molecule has 1 amide bonds. The summed E-state index contributed by atoms with van der Waals surface area (Å²) in [6, 6.07) is 13.3. The number of guanidine groups is 1. The summed E-state index contributed by atoms with van der Waals surface area (Å²) in [6.07, 6.45) is 0.871. The number of aryl methyl sites for hydroxylation is 1. The number of anilines is 1. The molecule has 1 aliphatic heterocycles. The largest absolute Gasteiger partial charge is 0.490 e. The lowest BCUT2D eigenvalue weighted by Crippen LogP contribution is -2.32. The van der Waals surface area contributed by atoms with Gasteiger partial charge in [0.15, 0.2) is 17.5 Å². The molecule has 7 heteroatoms. The maximum atomic E-state index is 12.2. The van der Waals surface area contributed by atoms with E-state index in [1.54, 1.807) is 6.07 Å². The number of amides is 1. The fourth-order valence-electron chi connectivity index (χ4n) is 2.91. The number of nitrogens with one attached hydrogen (secondary N) is 3. The van der Waals surface area contributed by atoms with Crippen LogP contribution in [0.15, 0.2) is 47.5 Å². The Morgan fingerprint density at radius 3 is 2.69 bits per heavy atom. The molecular formula is C22H28N4O3. The van der Waals surface area contributed by atoms with Crippen LogP contribution in [0.1, 0.15) is 29.3 Å². The Morgan fingerprint density at radius 2 is 1.90 bits per heavy atom. The molecular weight excluding hydrogens is 368 g/mol. The molecule has 154 valence electrons. The Bertz CT molecular complexity index is 867. The summed E-state index contributed by atoms with van der Waals surface area (Å²) in [7, 11) is 0. The minimum atomic E-state index is -0.0928. The van der Waals surface area contributed by atoms with E-state index in [0.717, 1.165) is 35.7 Å². The number of benzene rings is 2. The number of carbonyl (C=O) groups excluding carboxylic acids is 1. The van der Waals surface area contributed by atoms with Crippen LogP contribution in [0.5, 0.6) is 11.5 Å². The monoisotopic (exact) mass is 396 g/mol. The van der Waals surface area contributed by atoms with Crippen molar-refractivity contribution in [2.75, 3.05) is 38.2 Å². The van der Waals surface area contributed by atoms with Gasteiger partial charge in [0.25, 0.3) is 5.91 Å². The van der Waals surface area contributed by atoms with Gasteiger partial charge < -0.3 is 25.4 Å². The van der Waals surface area contributed by atoms with Crippen LogP contribution in [-0.2, 0) is 0 Å². The number of rotatable bonds is 6. The van der Waals surface area contributed by atoms with Gasteiger partial charge in [-0.15, -0.1) is 0 Å². The van der Waals surface area contributed by atoms with Crippen LogP contribution in [-0.4, -0.2) is 44.7 Å². The first-order valence-electron chi connectivity index (χ1n) is 9.95. The molecule has 0 unspecified atom stereocenters. The van der Waals surface area contributed by atoms with E-state index in [-0.39, 0.29) is 5.91 Å². The predicted octanol–water partition coefficient (Wildman–Crippen LogP) is 2.96. The minimum absolute atomic E-state index is 0.0928. The summed E-state index contributed by atoms with van der Waals surface area (Å²) < 4.78 is 11.4. The lowest BCUT2D eigenvalue weighted by atomic mass is 10.1. The van der Waals surface area contributed by atoms with Crippen molar-refractivity contribution in [3.05, 3.63) is 53.6 Å². The molecule has 7 nitrogen and oxygen atoms in total. The summed E-state index contributed by atoms with van der Waals surface area (Å²) in [5.41, 5.74) is 2.58. The van der Waals surface area contributed by atoms with Crippen LogP contribution in [0.25, 0.3) is 0 Å². The van der Waals surface area contributed by atoms with Crippen LogP contribution < -0.4 is 25.4 Å². The van der Waals surface area contributed by atoms with E-state index in [1.165, 1.54) is 0 Å². The molecule has 0 atom stereocenters. The molecule has 29 heavy (non-hydrogen) atoms. The van der Waals surface area contributed by atoms with E-state index in [1.807, 2.05) is 50.2 Å². The highest BCUT2D eigenvalue weighted by Crippen LogP contribution is 2.32. The summed E-state index contributed by atoms with van der Waals surface area (Å²) in [4.78, 5) is 16.7. The fraction of sp³-hybridized carbons (Fsp3) is 0.364. The first kappa shape index (κ1) is 20.5. The summed E-state index contributed by atoms with van der Waals surface area (Å²) in [5.74, 6) is 2.04. The molecule has 1 heterocycles. The van der Waals surface area contributed by atoms with Crippen molar-refractivity contribution < 1.29 is 14.3 Å². The smallest absolute Gasteiger partial charge is 0.251 e. The zero-order chi connectivity index (χ0) is 20.5. The SMILES string of the molecule is CCNC(=NCCNC(=O)c1cccc(C)c1)Nc1ccc2c(c1)OCCCO2. The average molecular weight is 396 g/mol. The predicted molar refractivity (Wildman–Crippen MR) is 115 cm³/mol. The molecule has 0 aromatic heterocycles. The normalized spacial score (nSPS) is 13.4. The molecule has 0 saturated heterocycles. The van der Waals surface area contributed by atoms with Gasteiger partial charge in [0.05, 0.1) is 19.8 Å². The highest BCUT2D eigenvalue weighted by Gasteiger charge is 2.11. The van der Waals surface area contributed by atoms with E-state index in [2.05, 4.69) is 20.9 Å². The van der Waals surface area contributed by atoms with Gasteiger partial charge >= 0.3 is 0 Å². The molecule has 0 fully saturated rings. The summed E-state index contributed by atoms with van der Waals surface area (Å²) in [6.45, 7) is 6.91. The van der Waals surface area contributed by atoms with Crippen molar-refractivity contribution in [1.82, 2.24) is 10.6 Å². The van der Waals surface area contributed by atoms with Gasteiger partial charge in [0.1, 0.15) is 0 Å². The van der Waals surface area contributed by atoms with E-state index in [4.69, 9.17) is 9.47 Å². The second kappa shape index (κ2) is 10.4. The number of carbonyl (C=O) groups is 1. The first-order valence-corrected chi connectivity index (χ1v) is 9.95. The van der Waals surface area contributed by atoms with Gasteiger partial charge in [0.2, 0.25) is 0 Å². The topological polar surface area (TPSA) is 84.0 Å². The van der Waals surface area contributed by atoms with E-state index in [0.29, 0.717) is 37.8 Å². The quantitative estimate of drug-likeness (QED) is 0.397. The lowest BCUT2D eigenvalue weighted by Gasteiger charge is -2.14. The van der Waals surface area contributed by atoms with Crippen molar-refractivity contribution in [3.8, 4) is 11.5 Å². The Labute approximate surface area is 171 Å². The van der Waals surface area contributed by atoms with Crippen molar-refractivity contribution in [1.29, 1.82) is 0 Å². The highest BCUT2D eigenvalue weighted by atomic mass is 16.5. The zero-order valence-electron chi connectivity index (χ0n) is 17.0. The minimum Gasteiger partial charge on any atom is -0.490 e. The third-order valence-electron chi connectivity index (χ3n) is 4.30. The van der Waals surface area contributed by atoms with Gasteiger partial charge in [-0.1, -0.05) is 17.7 Å². The van der Waals surface area contributed by atoms with Crippen molar-refractivity contribution in [3.63, 3.8) is 0 Å². The highest BCUT2D eigenvalue weighted by molar-refractivity contribution is 5.95. The van der Waals surface area contributed by atoms with Crippen molar-refractivity contribution >= 4 is 17.6 Å². The van der Waals surface area contributed by atoms with E-state index in [9.17, 15) is 4.79 Å².